The number of carbonyl (C=O) groups is 4. The quantitative estimate of drug-likeness (QED) is 0.433. The molecule has 31 heavy (non-hydrogen) atoms. The number of hydrogen-bond acceptors (Lipinski definition) is 11. The average molecular weight is 435 g/mol. The first-order chi connectivity index (χ1) is 14.7. The summed E-state index contributed by atoms with van der Waals surface area (Å²) in [6, 6.07) is 0. The second kappa shape index (κ2) is 7.46. The lowest BCUT2D eigenvalue weighted by Crippen LogP contribution is -2.36. The molecule has 0 saturated carbocycles. The largest absolute Gasteiger partial charge is 0.454 e. The summed E-state index contributed by atoms with van der Waals surface area (Å²) >= 11 is 0. The van der Waals surface area contributed by atoms with E-state index < -0.39 is 60.0 Å². The van der Waals surface area contributed by atoms with Gasteiger partial charge in [-0.3, -0.25) is 34.0 Å². The third-order valence-electron chi connectivity index (χ3n) is 4.60. The minimum Gasteiger partial charge on any atom is -0.454 e. The van der Waals surface area contributed by atoms with Crippen LogP contribution >= 0.6 is 0 Å². The van der Waals surface area contributed by atoms with Gasteiger partial charge >= 0.3 is 17.9 Å². The Hall–Kier alpha value is -3.81. The molecule has 0 spiro atoms. The van der Waals surface area contributed by atoms with E-state index in [4.69, 9.17) is 18.9 Å². The fraction of sp³-hybridized carbons (Fsp3) is 0.471. The summed E-state index contributed by atoms with van der Waals surface area (Å²) in [5.41, 5.74) is -0.672. The molecule has 164 valence electrons. The molecular weight excluding hydrogens is 418 g/mol. The van der Waals surface area contributed by atoms with Gasteiger partial charge in [-0.2, -0.15) is 4.98 Å². The second-order valence-corrected chi connectivity index (χ2v) is 6.92. The van der Waals surface area contributed by atoms with E-state index in [9.17, 15) is 24.0 Å². The smallest absolute Gasteiger partial charge is 0.350 e. The number of hydrogen-bond donors (Lipinski definition) is 2. The molecule has 4 rings (SSSR count). The first-order valence-corrected chi connectivity index (χ1v) is 9.10. The highest BCUT2D eigenvalue weighted by atomic mass is 16.7. The number of aromatic amines is 1. The van der Waals surface area contributed by atoms with Crippen LogP contribution in [0.2, 0.25) is 0 Å². The molecule has 0 bridgehead atoms. The maximum absolute atomic E-state index is 12.3. The maximum Gasteiger partial charge on any atom is 0.350 e. The van der Waals surface area contributed by atoms with Gasteiger partial charge in [-0.25, -0.2) is 9.78 Å². The molecule has 0 aliphatic carbocycles. The Kier molecular flexibility index (Phi) is 4.93. The van der Waals surface area contributed by atoms with E-state index in [2.05, 4.69) is 20.3 Å². The molecule has 2 aliphatic heterocycles. The molecule has 14 nitrogen and oxygen atoms in total. The van der Waals surface area contributed by atoms with Gasteiger partial charge in [0.2, 0.25) is 18.0 Å². The average Bonchev–Trinajstić information content (AvgIpc) is 3.29. The van der Waals surface area contributed by atoms with E-state index in [0.717, 1.165) is 13.8 Å². The van der Waals surface area contributed by atoms with Crippen molar-refractivity contribution in [1.29, 1.82) is 0 Å². The molecule has 2 N–H and O–H groups in total. The Bertz CT molecular complexity index is 1150. The fourth-order valence-corrected chi connectivity index (χ4v) is 3.55. The third kappa shape index (κ3) is 3.61. The summed E-state index contributed by atoms with van der Waals surface area (Å²) in [5, 5.41) is 2.36. The fourth-order valence-electron chi connectivity index (χ4n) is 3.55. The monoisotopic (exact) mass is 435 g/mol. The van der Waals surface area contributed by atoms with Crippen LogP contribution in [0.15, 0.2) is 11.1 Å². The van der Waals surface area contributed by atoms with Crippen LogP contribution in [0.5, 0.6) is 0 Å². The van der Waals surface area contributed by atoms with Crippen molar-refractivity contribution in [2.24, 2.45) is 0 Å². The number of carbonyl (C=O) groups excluding carboxylic acids is 4. The van der Waals surface area contributed by atoms with Crippen LogP contribution in [-0.4, -0.2) is 67.7 Å². The van der Waals surface area contributed by atoms with E-state index in [1.807, 2.05) is 0 Å². The van der Waals surface area contributed by atoms with Gasteiger partial charge in [0.05, 0.1) is 6.33 Å². The molecule has 2 saturated heterocycles. The minimum absolute atomic E-state index is 0.0185. The zero-order valence-electron chi connectivity index (χ0n) is 16.5. The van der Waals surface area contributed by atoms with Crippen LogP contribution in [0.1, 0.15) is 27.0 Å². The zero-order chi connectivity index (χ0) is 22.4. The Morgan fingerprint density at radius 1 is 1.13 bits per heavy atom. The predicted octanol–water partition coefficient (Wildman–Crippen LogP) is -1.24. The standard InChI is InChI=1S/C17H17N5O9/c1-5(23)19-17-20-13-8(14(26)21-17)18-4-22(13)15-11(28-6(2)24)9-10(30-15)12(16(27)31-9)29-7(3)25/h4,9-12,15H,1-3H3,(H2,19,20,21,23,26)/t9-,10+,11+,12+,15-/m1/s1. The number of nitrogens with one attached hydrogen (secondary N) is 2. The molecule has 0 radical (unpaired) electrons. The van der Waals surface area contributed by atoms with Crippen molar-refractivity contribution in [3.8, 4) is 0 Å². The third-order valence-corrected chi connectivity index (χ3v) is 4.60. The van der Waals surface area contributed by atoms with Crippen molar-refractivity contribution in [3.05, 3.63) is 16.7 Å². The number of nitrogens with zero attached hydrogens (tertiary/aromatic N) is 3. The highest BCUT2D eigenvalue weighted by molar-refractivity contribution is 5.87. The van der Waals surface area contributed by atoms with E-state index in [1.165, 1.54) is 17.8 Å². The number of fused-ring (bicyclic) bond motifs is 2. The van der Waals surface area contributed by atoms with Crippen molar-refractivity contribution in [1.82, 2.24) is 19.5 Å². The van der Waals surface area contributed by atoms with Gasteiger partial charge in [-0.1, -0.05) is 0 Å². The summed E-state index contributed by atoms with van der Waals surface area (Å²) < 4.78 is 22.8. The molecule has 2 aromatic heterocycles. The number of aromatic nitrogens is 4. The van der Waals surface area contributed by atoms with E-state index in [0.29, 0.717) is 0 Å². The number of esters is 3. The molecule has 14 heteroatoms. The van der Waals surface area contributed by atoms with E-state index in [-0.39, 0.29) is 17.1 Å². The van der Waals surface area contributed by atoms with Crippen molar-refractivity contribution in [3.63, 3.8) is 0 Å². The lowest BCUT2D eigenvalue weighted by atomic mass is 10.1. The lowest BCUT2D eigenvalue weighted by Gasteiger charge is -2.22. The van der Waals surface area contributed by atoms with Crippen molar-refractivity contribution < 1.29 is 38.1 Å². The van der Waals surface area contributed by atoms with Gasteiger partial charge in [0, 0.05) is 20.8 Å². The minimum atomic E-state index is -1.35. The van der Waals surface area contributed by atoms with Crippen LogP contribution < -0.4 is 10.9 Å². The van der Waals surface area contributed by atoms with Crippen molar-refractivity contribution >= 4 is 40.9 Å². The molecule has 5 atom stereocenters. The molecule has 2 fully saturated rings. The summed E-state index contributed by atoms with van der Waals surface area (Å²) in [7, 11) is 0. The number of anilines is 1. The molecule has 2 aromatic rings. The first kappa shape index (κ1) is 20.5. The van der Waals surface area contributed by atoms with Crippen molar-refractivity contribution in [2.75, 3.05) is 5.32 Å². The van der Waals surface area contributed by atoms with E-state index >= 15 is 0 Å². The molecule has 0 unspecified atom stereocenters. The van der Waals surface area contributed by atoms with Gasteiger partial charge in [0.1, 0.15) is 6.10 Å². The number of amides is 1. The number of rotatable bonds is 4. The molecule has 4 heterocycles. The van der Waals surface area contributed by atoms with Gasteiger partial charge in [0.25, 0.3) is 5.56 Å². The van der Waals surface area contributed by atoms with Gasteiger partial charge in [-0.15, -0.1) is 0 Å². The Labute approximate surface area is 172 Å². The van der Waals surface area contributed by atoms with E-state index in [1.54, 1.807) is 0 Å². The summed E-state index contributed by atoms with van der Waals surface area (Å²) in [4.78, 5) is 69.4. The maximum atomic E-state index is 12.3. The zero-order valence-corrected chi connectivity index (χ0v) is 16.5. The summed E-state index contributed by atoms with van der Waals surface area (Å²) in [5.74, 6) is -2.83. The predicted molar refractivity (Wildman–Crippen MR) is 97.4 cm³/mol. The highest BCUT2D eigenvalue weighted by Crippen LogP contribution is 2.41. The van der Waals surface area contributed by atoms with Gasteiger partial charge < -0.3 is 18.9 Å². The SMILES string of the molecule is CC(=O)Nc1nc2c(ncn2[C@@H]2O[C@H]3[C@@H](OC(=O)[C@H]3OC(C)=O)[C@@H]2OC(C)=O)c(=O)[nH]1. The topological polar surface area (TPSA) is 181 Å². The lowest BCUT2D eigenvalue weighted by molar-refractivity contribution is -0.174. The number of ether oxygens (including phenoxy) is 4. The second-order valence-electron chi connectivity index (χ2n) is 6.92. The van der Waals surface area contributed by atoms with Crippen LogP contribution in [0.4, 0.5) is 5.95 Å². The molecular formula is C17H17N5O9. The van der Waals surface area contributed by atoms with Gasteiger partial charge in [0.15, 0.2) is 29.6 Å². The Morgan fingerprint density at radius 3 is 2.48 bits per heavy atom. The van der Waals surface area contributed by atoms with Crippen LogP contribution in [-0.2, 0) is 38.1 Å². The first-order valence-electron chi connectivity index (χ1n) is 9.10. The van der Waals surface area contributed by atoms with Gasteiger partial charge in [-0.05, 0) is 0 Å². The van der Waals surface area contributed by atoms with Crippen LogP contribution in [0.3, 0.4) is 0 Å². The number of H-pyrrole nitrogens is 1. The van der Waals surface area contributed by atoms with Crippen LogP contribution in [0.25, 0.3) is 11.2 Å². The number of imidazole rings is 1. The summed E-state index contributed by atoms with van der Waals surface area (Å²) in [6.45, 7) is 3.53. The Balaban J connectivity index is 1.76. The molecule has 1 amide bonds. The molecule has 2 aliphatic rings. The summed E-state index contributed by atoms with van der Waals surface area (Å²) in [6.07, 6.45) is -4.52. The highest BCUT2D eigenvalue weighted by Gasteiger charge is 2.61. The van der Waals surface area contributed by atoms with Crippen molar-refractivity contribution in [2.45, 2.75) is 51.4 Å². The normalized spacial score (nSPS) is 26.9. The Morgan fingerprint density at radius 2 is 1.84 bits per heavy atom. The van der Waals surface area contributed by atoms with Crippen LogP contribution in [0, 0.1) is 0 Å². The molecule has 0 aromatic carbocycles.